The summed E-state index contributed by atoms with van der Waals surface area (Å²) in [4.78, 5) is 2.68. The van der Waals surface area contributed by atoms with Crippen molar-refractivity contribution in [3.05, 3.63) is 34.3 Å². The van der Waals surface area contributed by atoms with E-state index in [2.05, 4.69) is 64.3 Å². The third-order valence-electron chi connectivity index (χ3n) is 4.00. The summed E-state index contributed by atoms with van der Waals surface area (Å²) in [6.45, 7) is 7.97. The number of nitrogens with one attached hydrogen (secondary N) is 1. The van der Waals surface area contributed by atoms with Crippen molar-refractivity contribution in [1.82, 2.24) is 10.2 Å². The number of hydrogen-bond donors (Lipinski definition) is 1. The van der Waals surface area contributed by atoms with Crippen LogP contribution in [-0.4, -0.2) is 30.6 Å². The monoisotopic (exact) mass is 338 g/mol. The Bertz CT molecular complexity index is 386. The van der Waals surface area contributed by atoms with E-state index in [-0.39, 0.29) is 0 Å². The molecule has 1 aromatic carbocycles. The lowest BCUT2D eigenvalue weighted by Gasteiger charge is -2.25. The first kappa shape index (κ1) is 16.0. The second-order valence-electron chi connectivity index (χ2n) is 5.72. The van der Waals surface area contributed by atoms with Crippen molar-refractivity contribution in [2.75, 3.05) is 19.6 Å². The predicted octanol–water partition coefficient (Wildman–Crippen LogP) is 4.36. The summed E-state index contributed by atoms with van der Waals surface area (Å²) in [5.41, 5.74) is 1.40. The Labute approximate surface area is 132 Å². The number of hydrogen-bond acceptors (Lipinski definition) is 2. The van der Waals surface area contributed by atoms with E-state index in [0.29, 0.717) is 6.04 Å². The fraction of sp³-hybridized carbons (Fsp3) is 0.647. The van der Waals surface area contributed by atoms with Crippen molar-refractivity contribution in [2.45, 2.75) is 51.6 Å². The molecule has 1 atom stereocenters. The highest BCUT2D eigenvalue weighted by molar-refractivity contribution is 9.10. The Morgan fingerprint density at radius 3 is 2.45 bits per heavy atom. The lowest BCUT2D eigenvalue weighted by atomic mass is 10.0. The normalized spacial score (nSPS) is 16.6. The van der Waals surface area contributed by atoms with Gasteiger partial charge in [-0.3, -0.25) is 0 Å². The molecule has 1 aromatic rings. The van der Waals surface area contributed by atoms with Crippen LogP contribution < -0.4 is 5.32 Å². The van der Waals surface area contributed by atoms with Gasteiger partial charge in [-0.05, 0) is 56.5 Å². The molecule has 1 fully saturated rings. The molecule has 0 aromatic heterocycles. The van der Waals surface area contributed by atoms with Gasteiger partial charge in [0.05, 0.1) is 0 Å². The SMILES string of the molecule is CCCN(CCC(NCC)c1ccc(Br)cc1)C1CC1. The highest BCUT2D eigenvalue weighted by Gasteiger charge is 2.28. The lowest BCUT2D eigenvalue weighted by Crippen LogP contribution is -2.31. The standard InChI is InChI=1S/C17H27BrN2/c1-3-12-20(16-9-10-16)13-11-17(19-4-2)14-5-7-15(18)8-6-14/h5-8,16-17,19H,3-4,9-13H2,1-2H3. The van der Waals surface area contributed by atoms with E-state index >= 15 is 0 Å². The average Bonchev–Trinajstić information content (AvgIpc) is 3.27. The molecule has 1 saturated carbocycles. The highest BCUT2D eigenvalue weighted by atomic mass is 79.9. The maximum atomic E-state index is 3.63. The molecule has 20 heavy (non-hydrogen) atoms. The van der Waals surface area contributed by atoms with E-state index < -0.39 is 0 Å². The molecule has 1 unspecified atom stereocenters. The Balaban J connectivity index is 1.92. The summed E-state index contributed by atoms with van der Waals surface area (Å²) in [6.07, 6.45) is 5.28. The molecule has 1 aliphatic carbocycles. The first-order chi connectivity index (χ1) is 9.74. The van der Waals surface area contributed by atoms with Crippen LogP contribution in [-0.2, 0) is 0 Å². The zero-order chi connectivity index (χ0) is 14.4. The highest BCUT2D eigenvalue weighted by Crippen LogP contribution is 2.28. The predicted molar refractivity (Wildman–Crippen MR) is 90.1 cm³/mol. The molecule has 3 heteroatoms. The van der Waals surface area contributed by atoms with Crippen molar-refractivity contribution in [3.8, 4) is 0 Å². The number of nitrogens with zero attached hydrogens (tertiary/aromatic N) is 1. The van der Waals surface area contributed by atoms with Crippen molar-refractivity contribution in [3.63, 3.8) is 0 Å². The minimum absolute atomic E-state index is 0.478. The summed E-state index contributed by atoms with van der Waals surface area (Å²) in [5.74, 6) is 0. The molecule has 112 valence electrons. The molecule has 0 saturated heterocycles. The molecule has 1 aliphatic rings. The Hall–Kier alpha value is -0.380. The van der Waals surface area contributed by atoms with Crippen LogP contribution in [0.3, 0.4) is 0 Å². The second-order valence-corrected chi connectivity index (χ2v) is 6.63. The van der Waals surface area contributed by atoms with Crippen LogP contribution >= 0.6 is 15.9 Å². The first-order valence-electron chi connectivity index (χ1n) is 7.97. The minimum Gasteiger partial charge on any atom is -0.310 e. The fourth-order valence-corrected chi connectivity index (χ4v) is 3.09. The van der Waals surface area contributed by atoms with E-state index in [9.17, 15) is 0 Å². The molecular formula is C17H27BrN2. The molecular weight excluding hydrogens is 312 g/mol. The Kier molecular flexibility index (Phi) is 6.53. The molecule has 2 nitrogen and oxygen atoms in total. The zero-order valence-electron chi connectivity index (χ0n) is 12.7. The third-order valence-corrected chi connectivity index (χ3v) is 4.53. The van der Waals surface area contributed by atoms with E-state index in [0.717, 1.165) is 17.1 Å². The van der Waals surface area contributed by atoms with Gasteiger partial charge in [-0.2, -0.15) is 0 Å². The van der Waals surface area contributed by atoms with Gasteiger partial charge in [0.1, 0.15) is 0 Å². The lowest BCUT2D eigenvalue weighted by molar-refractivity contribution is 0.247. The molecule has 0 amide bonds. The fourth-order valence-electron chi connectivity index (χ4n) is 2.83. The molecule has 0 aliphatic heterocycles. The molecule has 0 radical (unpaired) electrons. The summed E-state index contributed by atoms with van der Waals surface area (Å²) in [5, 5.41) is 3.63. The van der Waals surface area contributed by atoms with Crippen LogP contribution in [0.5, 0.6) is 0 Å². The number of halogens is 1. The van der Waals surface area contributed by atoms with Crippen molar-refractivity contribution in [1.29, 1.82) is 0 Å². The maximum Gasteiger partial charge on any atom is 0.0332 e. The Morgan fingerprint density at radius 2 is 1.90 bits per heavy atom. The summed E-state index contributed by atoms with van der Waals surface area (Å²) in [6, 6.07) is 10.1. The van der Waals surface area contributed by atoms with Crippen LogP contribution in [0.15, 0.2) is 28.7 Å². The van der Waals surface area contributed by atoms with Gasteiger partial charge in [-0.1, -0.05) is 41.9 Å². The van der Waals surface area contributed by atoms with Gasteiger partial charge < -0.3 is 10.2 Å². The number of rotatable bonds is 9. The maximum absolute atomic E-state index is 3.63. The van der Waals surface area contributed by atoms with Gasteiger partial charge in [0.15, 0.2) is 0 Å². The van der Waals surface area contributed by atoms with Gasteiger partial charge in [-0.25, -0.2) is 0 Å². The van der Waals surface area contributed by atoms with Gasteiger partial charge >= 0.3 is 0 Å². The first-order valence-corrected chi connectivity index (χ1v) is 8.76. The van der Waals surface area contributed by atoms with Gasteiger partial charge in [0.25, 0.3) is 0 Å². The van der Waals surface area contributed by atoms with Crippen LogP contribution in [0.4, 0.5) is 0 Å². The van der Waals surface area contributed by atoms with E-state index in [1.807, 2.05) is 0 Å². The van der Waals surface area contributed by atoms with Crippen LogP contribution in [0.2, 0.25) is 0 Å². The van der Waals surface area contributed by atoms with Crippen LogP contribution in [0, 0.1) is 0 Å². The molecule has 0 spiro atoms. The molecule has 0 heterocycles. The smallest absolute Gasteiger partial charge is 0.0332 e. The largest absolute Gasteiger partial charge is 0.310 e. The van der Waals surface area contributed by atoms with Gasteiger partial charge in [-0.15, -0.1) is 0 Å². The summed E-state index contributed by atoms with van der Waals surface area (Å²) in [7, 11) is 0. The topological polar surface area (TPSA) is 15.3 Å². The second kappa shape index (κ2) is 8.16. The quantitative estimate of drug-likeness (QED) is 0.719. The van der Waals surface area contributed by atoms with Crippen LogP contribution in [0.25, 0.3) is 0 Å². The van der Waals surface area contributed by atoms with Crippen molar-refractivity contribution >= 4 is 15.9 Å². The van der Waals surface area contributed by atoms with E-state index in [4.69, 9.17) is 0 Å². The minimum atomic E-state index is 0.478. The van der Waals surface area contributed by atoms with Crippen molar-refractivity contribution < 1.29 is 0 Å². The van der Waals surface area contributed by atoms with Crippen LogP contribution in [0.1, 0.15) is 51.1 Å². The average molecular weight is 339 g/mol. The molecule has 2 rings (SSSR count). The van der Waals surface area contributed by atoms with E-state index in [1.54, 1.807) is 0 Å². The number of benzene rings is 1. The van der Waals surface area contributed by atoms with E-state index in [1.165, 1.54) is 44.3 Å². The summed E-state index contributed by atoms with van der Waals surface area (Å²) >= 11 is 3.51. The zero-order valence-corrected chi connectivity index (χ0v) is 14.3. The Morgan fingerprint density at radius 1 is 1.20 bits per heavy atom. The molecule has 1 N–H and O–H groups in total. The third kappa shape index (κ3) is 4.87. The van der Waals surface area contributed by atoms with Gasteiger partial charge in [0, 0.05) is 23.1 Å². The van der Waals surface area contributed by atoms with Gasteiger partial charge in [0.2, 0.25) is 0 Å². The molecule has 0 bridgehead atoms. The summed E-state index contributed by atoms with van der Waals surface area (Å²) < 4.78 is 1.15. The van der Waals surface area contributed by atoms with Crippen molar-refractivity contribution in [2.24, 2.45) is 0 Å².